The summed E-state index contributed by atoms with van der Waals surface area (Å²) in [6.45, 7) is 6.91. The van der Waals surface area contributed by atoms with Crippen molar-refractivity contribution >= 4 is 29.0 Å². The first-order valence-corrected chi connectivity index (χ1v) is 9.29. The zero-order valence-electron chi connectivity index (χ0n) is 14.9. The van der Waals surface area contributed by atoms with Crippen LogP contribution in [0, 0.1) is 0 Å². The minimum Gasteiger partial charge on any atom is -0.494 e. The molecule has 0 saturated carbocycles. The third kappa shape index (κ3) is 4.09. The number of nitrogens with zero attached hydrogens (tertiary/aromatic N) is 2. The second-order valence-electron chi connectivity index (χ2n) is 6.22. The Morgan fingerprint density at radius 2 is 1.77 bits per heavy atom. The maximum Gasteiger partial charge on any atom is 0.273 e. The van der Waals surface area contributed by atoms with Crippen molar-refractivity contribution in [3.05, 3.63) is 34.9 Å². The van der Waals surface area contributed by atoms with Crippen molar-refractivity contribution in [2.75, 3.05) is 46.0 Å². The maximum atomic E-state index is 12.7. The first-order valence-electron chi connectivity index (χ1n) is 8.91. The van der Waals surface area contributed by atoms with Crippen LogP contribution in [-0.2, 0) is 14.3 Å². The lowest BCUT2D eigenvalue weighted by atomic mass is 10.1. The first-order chi connectivity index (χ1) is 12.6. The highest BCUT2D eigenvalue weighted by molar-refractivity contribution is 6.55. The summed E-state index contributed by atoms with van der Waals surface area (Å²) in [5.74, 6) is -0.0271. The van der Waals surface area contributed by atoms with Gasteiger partial charge >= 0.3 is 0 Å². The first kappa shape index (κ1) is 18.9. The van der Waals surface area contributed by atoms with Crippen LogP contribution in [-0.4, -0.2) is 67.6 Å². The summed E-state index contributed by atoms with van der Waals surface area (Å²) < 4.78 is 10.7. The van der Waals surface area contributed by atoms with Crippen LogP contribution >= 0.6 is 11.6 Å². The fourth-order valence-corrected chi connectivity index (χ4v) is 3.45. The molecule has 0 N–H and O–H groups in total. The molecule has 140 valence electrons. The van der Waals surface area contributed by atoms with E-state index in [1.807, 2.05) is 6.92 Å². The van der Waals surface area contributed by atoms with E-state index in [4.69, 9.17) is 21.1 Å². The number of amides is 2. The average Bonchev–Trinajstić information content (AvgIpc) is 2.87. The molecule has 0 spiro atoms. The van der Waals surface area contributed by atoms with Crippen molar-refractivity contribution in [1.82, 2.24) is 9.80 Å². The van der Waals surface area contributed by atoms with E-state index < -0.39 is 5.91 Å². The molecule has 3 rings (SSSR count). The fraction of sp³-hybridized carbons (Fsp3) is 0.474. The Labute approximate surface area is 158 Å². The summed E-state index contributed by atoms with van der Waals surface area (Å²) in [4.78, 5) is 28.6. The van der Waals surface area contributed by atoms with Crippen LogP contribution in [0.3, 0.4) is 0 Å². The Morgan fingerprint density at radius 3 is 2.42 bits per heavy atom. The SMILES string of the molecule is CCOc1ccc(C2=C(Cl)C(=O)N(CCCN3CCOCC3)C2=O)cc1. The Kier molecular flexibility index (Phi) is 6.29. The number of ether oxygens (including phenoxy) is 2. The molecular weight excluding hydrogens is 356 g/mol. The van der Waals surface area contributed by atoms with Gasteiger partial charge in [-0.15, -0.1) is 0 Å². The second-order valence-corrected chi connectivity index (χ2v) is 6.59. The van der Waals surface area contributed by atoms with Crippen LogP contribution < -0.4 is 4.74 Å². The predicted octanol–water partition coefficient (Wildman–Crippen LogP) is 2.13. The van der Waals surface area contributed by atoms with Gasteiger partial charge in [-0.2, -0.15) is 0 Å². The molecule has 1 fully saturated rings. The minimum atomic E-state index is -0.414. The fourth-order valence-electron chi connectivity index (χ4n) is 3.16. The number of carbonyl (C=O) groups is 2. The molecule has 1 aromatic carbocycles. The van der Waals surface area contributed by atoms with Gasteiger partial charge in [0, 0.05) is 26.2 Å². The number of hydrogen-bond donors (Lipinski definition) is 0. The quantitative estimate of drug-likeness (QED) is 0.680. The smallest absolute Gasteiger partial charge is 0.273 e. The molecular formula is C19H23ClN2O4. The molecule has 2 aliphatic heterocycles. The highest BCUT2D eigenvalue weighted by Crippen LogP contribution is 2.32. The molecule has 0 unspecified atom stereocenters. The van der Waals surface area contributed by atoms with Crippen LogP contribution in [0.5, 0.6) is 5.75 Å². The molecule has 1 saturated heterocycles. The summed E-state index contributed by atoms with van der Waals surface area (Å²) in [5.41, 5.74) is 0.901. The van der Waals surface area contributed by atoms with E-state index in [-0.39, 0.29) is 16.5 Å². The monoisotopic (exact) mass is 378 g/mol. The predicted molar refractivity (Wildman–Crippen MR) is 99.0 cm³/mol. The van der Waals surface area contributed by atoms with Gasteiger partial charge in [0.15, 0.2) is 0 Å². The van der Waals surface area contributed by atoms with Crippen molar-refractivity contribution < 1.29 is 19.1 Å². The molecule has 6 nitrogen and oxygen atoms in total. The van der Waals surface area contributed by atoms with Crippen LogP contribution in [0.1, 0.15) is 18.9 Å². The molecule has 0 aliphatic carbocycles. The number of carbonyl (C=O) groups excluding carboxylic acids is 2. The van der Waals surface area contributed by atoms with Gasteiger partial charge in [-0.3, -0.25) is 19.4 Å². The summed E-state index contributed by atoms with van der Waals surface area (Å²) in [6.07, 6.45) is 0.720. The van der Waals surface area contributed by atoms with Crippen molar-refractivity contribution in [2.24, 2.45) is 0 Å². The third-order valence-electron chi connectivity index (χ3n) is 4.53. The molecule has 0 bridgehead atoms. The van der Waals surface area contributed by atoms with Gasteiger partial charge in [0.05, 0.1) is 25.4 Å². The number of morpholine rings is 1. The van der Waals surface area contributed by atoms with Gasteiger partial charge < -0.3 is 9.47 Å². The van der Waals surface area contributed by atoms with Crippen LogP contribution in [0.25, 0.3) is 5.57 Å². The van der Waals surface area contributed by atoms with Gasteiger partial charge in [0.1, 0.15) is 10.8 Å². The van der Waals surface area contributed by atoms with Crippen LogP contribution in [0.2, 0.25) is 0 Å². The topological polar surface area (TPSA) is 59.1 Å². The third-order valence-corrected chi connectivity index (χ3v) is 4.88. The number of benzene rings is 1. The largest absolute Gasteiger partial charge is 0.494 e. The zero-order chi connectivity index (χ0) is 18.5. The highest BCUT2D eigenvalue weighted by Gasteiger charge is 2.37. The van der Waals surface area contributed by atoms with E-state index in [9.17, 15) is 9.59 Å². The van der Waals surface area contributed by atoms with Gasteiger partial charge in [-0.05, 0) is 31.0 Å². The minimum absolute atomic E-state index is 0.00877. The van der Waals surface area contributed by atoms with Crippen molar-refractivity contribution in [1.29, 1.82) is 0 Å². The standard InChI is InChI=1S/C19H23ClN2O4/c1-2-26-15-6-4-14(5-7-15)16-17(20)19(24)22(18(16)23)9-3-8-21-10-12-25-13-11-21/h4-7H,2-3,8-13H2,1H3. The normalized spacial score (nSPS) is 18.8. The lowest BCUT2D eigenvalue weighted by Gasteiger charge is -2.27. The van der Waals surface area contributed by atoms with E-state index in [1.165, 1.54) is 4.90 Å². The van der Waals surface area contributed by atoms with Gasteiger partial charge in [0.25, 0.3) is 11.8 Å². The Bertz CT molecular complexity index is 696. The van der Waals surface area contributed by atoms with E-state index in [1.54, 1.807) is 24.3 Å². The van der Waals surface area contributed by atoms with Crippen molar-refractivity contribution in [3.8, 4) is 5.75 Å². The van der Waals surface area contributed by atoms with Gasteiger partial charge in [-0.25, -0.2) is 0 Å². The molecule has 0 atom stereocenters. The lowest BCUT2D eigenvalue weighted by Crippen LogP contribution is -2.39. The molecule has 1 aromatic rings. The molecule has 2 aliphatic rings. The number of hydrogen-bond acceptors (Lipinski definition) is 5. The van der Waals surface area contributed by atoms with Crippen LogP contribution in [0.4, 0.5) is 0 Å². The van der Waals surface area contributed by atoms with E-state index in [2.05, 4.69) is 4.90 Å². The second kappa shape index (κ2) is 8.66. The van der Waals surface area contributed by atoms with Crippen LogP contribution in [0.15, 0.2) is 29.3 Å². The zero-order valence-corrected chi connectivity index (χ0v) is 15.6. The van der Waals surface area contributed by atoms with Gasteiger partial charge in [0.2, 0.25) is 0 Å². The molecule has 7 heteroatoms. The summed E-state index contributed by atoms with van der Waals surface area (Å²) >= 11 is 6.19. The molecule has 26 heavy (non-hydrogen) atoms. The number of rotatable bonds is 7. The highest BCUT2D eigenvalue weighted by atomic mass is 35.5. The summed E-state index contributed by atoms with van der Waals surface area (Å²) in [6, 6.07) is 7.06. The molecule has 2 heterocycles. The van der Waals surface area contributed by atoms with Gasteiger partial charge in [-0.1, -0.05) is 23.7 Å². The average molecular weight is 379 g/mol. The Hall–Kier alpha value is -1.89. The summed E-state index contributed by atoms with van der Waals surface area (Å²) in [7, 11) is 0. The Morgan fingerprint density at radius 1 is 1.08 bits per heavy atom. The number of imide groups is 1. The molecule has 2 amide bonds. The van der Waals surface area contributed by atoms with E-state index >= 15 is 0 Å². The van der Waals surface area contributed by atoms with Crippen molar-refractivity contribution in [3.63, 3.8) is 0 Å². The maximum absolute atomic E-state index is 12.7. The molecule has 0 aromatic heterocycles. The Balaban J connectivity index is 1.63. The lowest BCUT2D eigenvalue weighted by molar-refractivity contribution is -0.136. The van der Waals surface area contributed by atoms with Crippen molar-refractivity contribution in [2.45, 2.75) is 13.3 Å². The summed E-state index contributed by atoms with van der Waals surface area (Å²) in [5, 5.41) is -0.00877. The molecule has 0 radical (unpaired) electrons. The number of halogens is 1. The van der Waals surface area contributed by atoms with E-state index in [0.717, 1.165) is 39.3 Å². The van der Waals surface area contributed by atoms with E-state index in [0.29, 0.717) is 24.5 Å².